The molecule has 29 heavy (non-hydrogen) atoms. The average molecular weight is 455 g/mol. The fourth-order valence-corrected chi connectivity index (χ4v) is 2.89. The van der Waals surface area contributed by atoms with Gasteiger partial charge in [-0.2, -0.15) is 4.98 Å². The van der Waals surface area contributed by atoms with E-state index in [1.54, 1.807) is 0 Å². The lowest BCUT2D eigenvalue weighted by Crippen LogP contribution is -2.21. The predicted molar refractivity (Wildman–Crippen MR) is 109 cm³/mol. The van der Waals surface area contributed by atoms with Gasteiger partial charge in [-0.25, -0.2) is 0 Å². The number of rotatable bonds is 7. The van der Waals surface area contributed by atoms with Crippen LogP contribution in [0.25, 0.3) is 11.4 Å². The van der Waals surface area contributed by atoms with E-state index >= 15 is 0 Å². The number of esters is 1. The molecule has 7 nitrogen and oxygen atoms in total. The fourth-order valence-electron chi connectivity index (χ4n) is 2.29. The highest BCUT2D eigenvalue weighted by Gasteiger charge is 2.14. The number of aromatic nitrogens is 2. The van der Waals surface area contributed by atoms with E-state index in [0.717, 1.165) is 5.56 Å². The molecule has 1 amide bonds. The summed E-state index contributed by atoms with van der Waals surface area (Å²) >= 11 is 17.7. The first-order valence-electron chi connectivity index (χ1n) is 8.40. The van der Waals surface area contributed by atoms with E-state index in [1.165, 1.54) is 12.1 Å². The van der Waals surface area contributed by atoms with Crippen molar-refractivity contribution in [3.63, 3.8) is 0 Å². The maximum Gasteiger partial charge on any atom is 0.306 e. The van der Waals surface area contributed by atoms with Crippen molar-refractivity contribution < 1.29 is 18.8 Å². The minimum atomic E-state index is -0.583. The smallest absolute Gasteiger partial charge is 0.306 e. The first-order chi connectivity index (χ1) is 13.9. The van der Waals surface area contributed by atoms with Crippen LogP contribution in [0.4, 0.5) is 5.69 Å². The van der Waals surface area contributed by atoms with Crippen molar-refractivity contribution in [2.45, 2.75) is 12.8 Å². The third-order valence-corrected chi connectivity index (χ3v) is 4.73. The fraction of sp³-hybridized carbons (Fsp3) is 0.158. The van der Waals surface area contributed by atoms with Crippen LogP contribution in [-0.4, -0.2) is 28.6 Å². The lowest BCUT2D eigenvalue weighted by molar-refractivity contribution is -0.147. The van der Waals surface area contributed by atoms with Gasteiger partial charge in [0.15, 0.2) is 6.61 Å². The monoisotopic (exact) mass is 453 g/mol. The highest BCUT2D eigenvalue weighted by atomic mass is 35.5. The second-order valence-corrected chi connectivity index (χ2v) is 7.05. The number of carbonyl (C=O) groups excluding carboxylic acids is 2. The first kappa shape index (κ1) is 21.1. The molecule has 0 aliphatic heterocycles. The van der Waals surface area contributed by atoms with Gasteiger partial charge < -0.3 is 14.6 Å². The molecular formula is C19H14Cl3N3O4. The largest absolute Gasteiger partial charge is 0.456 e. The van der Waals surface area contributed by atoms with Crippen LogP contribution in [0.5, 0.6) is 0 Å². The molecule has 0 atom stereocenters. The first-order valence-corrected chi connectivity index (χ1v) is 9.54. The van der Waals surface area contributed by atoms with Gasteiger partial charge in [-0.15, -0.1) is 0 Å². The number of nitrogens with one attached hydrogen (secondary N) is 1. The standard InChI is InChI=1S/C19H14Cl3N3O4/c20-12-8-14(22)15(9-13(12)21)23-16(26)10-28-18(27)7-6-17-24-19(25-29-17)11-4-2-1-3-5-11/h1-5,8-9H,6-7,10H2,(H,23,26). The van der Waals surface area contributed by atoms with Crippen LogP contribution in [0.1, 0.15) is 12.3 Å². The summed E-state index contributed by atoms with van der Waals surface area (Å²) in [7, 11) is 0. The second-order valence-electron chi connectivity index (χ2n) is 5.83. The molecule has 0 spiro atoms. The molecule has 1 heterocycles. The summed E-state index contributed by atoms with van der Waals surface area (Å²) < 4.78 is 10.1. The molecule has 150 valence electrons. The van der Waals surface area contributed by atoms with Crippen LogP contribution in [0.2, 0.25) is 15.1 Å². The molecule has 10 heteroatoms. The molecule has 3 aromatic rings. The number of hydrogen-bond donors (Lipinski definition) is 1. The van der Waals surface area contributed by atoms with E-state index in [1.807, 2.05) is 30.3 Å². The van der Waals surface area contributed by atoms with Gasteiger partial charge in [-0.05, 0) is 12.1 Å². The molecule has 0 bridgehead atoms. The van der Waals surface area contributed by atoms with Crippen LogP contribution >= 0.6 is 34.8 Å². The Morgan fingerprint density at radius 3 is 2.52 bits per heavy atom. The van der Waals surface area contributed by atoms with Gasteiger partial charge in [-0.1, -0.05) is 70.3 Å². The Morgan fingerprint density at radius 1 is 1.03 bits per heavy atom. The Balaban J connectivity index is 1.45. The lowest BCUT2D eigenvalue weighted by atomic mass is 10.2. The summed E-state index contributed by atoms with van der Waals surface area (Å²) in [5, 5.41) is 7.08. The molecule has 1 N–H and O–H groups in total. The van der Waals surface area contributed by atoms with Crippen molar-refractivity contribution >= 4 is 52.4 Å². The Hall–Kier alpha value is -2.61. The lowest BCUT2D eigenvalue weighted by Gasteiger charge is -2.09. The van der Waals surface area contributed by atoms with Crippen molar-refractivity contribution in [1.29, 1.82) is 0 Å². The highest BCUT2D eigenvalue weighted by Crippen LogP contribution is 2.32. The number of anilines is 1. The summed E-state index contributed by atoms with van der Waals surface area (Å²) in [5.41, 5.74) is 1.07. The number of carbonyl (C=O) groups is 2. The van der Waals surface area contributed by atoms with Crippen molar-refractivity contribution in [2.24, 2.45) is 0 Å². The molecule has 0 radical (unpaired) electrons. The third-order valence-electron chi connectivity index (χ3n) is 3.69. The molecule has 0 fully saturated rings. The third kappa shape index (κ3) is 5.93. The van der Waals surface area contributed by atoms with Gasteiger partial charge in [0.1, 0.15) is 0 Å². The molecule has 0 aliphatic rings. The van der Waals surface area contributed by atoms with Gasteiger partial charge in [-0.3, -0.25) is 9.59 Å². The molecular weight excluding hydrogens is 441 g/mol. The van der Waals surface area contributed by atoms with Crippen molar-refractivity contribution in [2.75, 3.05) is 11.9 Å². The zero-order chi connectivity index (χ0) is 20.8. The molecule has 0 unspecified atom stereocenters. The van der Waals surface area contributed by atoms with Crippen LogP contribution in [-0.2, 0) is 20.7 Å². The number of nitrogens with zero attached hydrogens (tertiary/aromatic N) is 2. The van der Waals surface area contributed by atoms with Gasteiger partial charge >= 0.3 is 5.97 Å². The molecule has 0 aliphatic carbocycles. The van der Waals surface area contributed by atoms with E-state index < -0.39 is 18.5 Å². The zero-order valence-corrected chi connectivity index (χ0v) is 17.1. The molecule has 0 saturated heterocycles. The highest BCUT2D eigenvalue weighted by molar-refractivity contribution is 6.44. The Kier molecular flexibility index (Phi) is 7.09. The van der Waals surface area contributed by atoms with E-state index in [-0.39, 0.29) is 33.6 Å². The van der Waals surface area contributed by atoms with Gasteiger partial charge in [0.05, 0.1) is 27.2 Å². The summed E-state index contributed by atoms with van der Waals surface area (Å²) in [6.07, 6.45) is 0.177. The Bertz CT molecular complexity index is 1020. The molecule has 2 aromatic carbocycles. The normalized spacial score (nSPS) is 10.6. The molecule has 3 rings (SSSR count). The maximum absolute atomic E-state index is 11.9. The Morgan fingerprint density at radius 2 is 1.76 bits per heavy atom. The molecule has 1 aromatic heterocycles. The Labute approximate surface area is 180 Å². The van der Waals surface area contributed by atoms with Crippen molar-refractivity contribution in [3.05, 3.63) is 63.4 Å². The van der Waals surface area contributed by atoms with Crippen LogP contribution in [0.3, 0.4) is 0 Å². The number of amides is 1. The number of benzene rings is 2. The van der Waals surface area contributed by atoms with E-state index in [0.29, 0.717) is 11.7 Å². The number of aryl methyl sites for hydroxylation is 1. The minimum absolute atomic E-state index is 0.0166. The summed E-state index contributed by atoms with van der Waals surface area (Å²) in [6, 6.07) is 12.1. The topological polar surface area (TPSA) is 94.3 Å². The van der Waals surface area contributed by atoms with Crippen LogP contribution in [0, 0.1) is 0 Å². The SMILES string of the molecule is O=C(COC(=O)CCc1nc(-c2ccccc2)no1)Nc1cc(Cl)c(Cl)cc1Cl. The quantitative estimate of drug-likeness (QED) is 0.406. The average Bonchev–Trinajstić information content (AvgIpc) is 3.19. The summed E-state index contributed by atoms with van der Waals surface area (Å²) in [6.45, 7) is -0.478. The summed E-state index contributed by atoms with van der Waals surface area (Å²) in [5.74, 6) is -0.415. The molecule has 0 saturated carbocycles. The second kappa shape index (κ2) is 9.73. The van der Waals surface area contributed by atoms with Crippen LogP contribution in [0.15, 0.2) is 47.0 Å². The van der Waals surface area contributed by atoms with Gasteiger partial charge in [0, 0.05) is 12.0 Å². The number of halogens is 3. The van der Waals surface area contributed by atoms with E-state index in [4.69, 9.17) is 44.1 Å². The minimum Gasteiger partial charge on any atom is -0.456 e. The maximum atomic E-state index is 11.9. The van der Waals surface area contributed by atoms with E-state index in [2.05, 4.69) is 15.5 Å². The number of hydrogen-bond acceptors (Lipinski definition) is 6. The van der Waals surface area contributed by atoms with Gasteiger partial charge in [0.2, 0.25) is 11.7 Å². The summed E-state index contributed by atoms with van der Waals surface area (Å²) in [4.78, 5) is 28.0. The van der Waals surface area contributed by atoms with Crippen molar-refractivity contribution in [3.8, 4) is 11.4 Å². The van der Waals surface area contributed by atoms with Crippen molar-refractivity contribution in [1.82, 2.24) is 10.1 Å². The van der Waals surface area contributed by atoms with Gasteiger partial charge in [0.25, 0.3) is 5.91 Å². The van der Waals surface area contributed by atoms with Crippen LogP contribution < -0.4 is 5.32 Å². The zero-order valence-electron chi connectivity index (χ0n) is 14.8. The predicted octanol–water partition coefficient (Wildman–Crippen LogP) is 4.81. The van der Waals surface area contributed by atoms with E-state index in [9.17, 15) is 9.59 Å². The number of ether oxygens (including phenoxy) is 1.